The minimum absolute atomic E-state index is 0.0302. The number of alkyl halides is 2. The smallest absolute Gasteiger partial charge is 0.320 e. The molecule has 0 aliphatic carbocycles. The van der Waals surface area contributed by atoms with Gasteiger partial charge in [-0.3, -0.25) is 4.79 Å². The highest BCUT2D eigenvalue weighted by Gasteiger charge is 2.41. The fraction of sp³-hybridized carbons (Fsp3) is 0.929. The van der Waals surface area contributed by atoms with Crippen molar-refractivity contribution in [3.63, 3.8) is 0 Å². The van der Waals surface area contributed by atoms with Crippen LogP contribution in [0.4, 0.5) is 8.78 Å². The van der Waals surface area contributed by atoms with Crippen LogP contribution in [0.2, 0.25) is 0 Å². The van der Waals surface area contributed by atoms with Crippen molar-refractivity contribution in [1.29, 1.82) is 0 Å². The first kappa shape index (κ1) is 18.7. The van der Waals surface area contributed by atoms with E-state index in [4.69, 9.17) is 0 Å². The molecule has 0 amide bonds. The Bertz CT molecular complexity index is 277. The molecule has 1 unspecified atom stereocenters. The van der Waals surface area contributed by atoms with E-state index in [2.05, 4.69) is 0 Å². The minimum atomic E-state index is -2.62. The average Bonchev–Trinajstić information content (AvgIpc) is 2.24. The van der Waals surface area contributed by atoms with Gasteiger partial charge in [0.15, 0.2) is 0 Å². The first-order valence-electron chi connectivity index (χ1n) is 6.91. The number of unbranched alkanes of at least 4 members (excludes halogenated alkanes) is 1. The van der Waals surface area contributed by atoms with Gasteiger partial charge in [-0.05, 0) is 37.9 Å². The van der Waals surface area contributed by atoms with Crippen molar-refractivity contribution in [2.45, 2.75) is 70.5 Å². The standard InChI is InChI=1S/C14H26F2O2S/c1-5-8-14(11(2)3,12(17)18)19-10-7-6-9-13(4,15)16/h11H,5-10H2,1-4H3,(H,17,18). The molecule has 0 aromatic rings. The van der Waals surface area contributed by atoms with Gasteiger partial charge in [-0.2, -0.15) is 0 Å². The number of halogens is 2. The van der Waals surface area contributed by atoms with E-state index in [1.54, 1.807) is 0 Å². The van der Waals surface area contributed by atoms with E-state index in [-0.39, 0.29) is 12.3 Å². The Labute approximate surface area is 119 Å². The van der Waals surface area contributed by atoms with Crippen LogP contribution in [0.25, 0.3) is 0 Å². The van der Waals surface area contributed by atoms with E-state index in [1.807, 2.05) is 20.8 Å². The molecule has 2 nitrogen and oxygen atoms in total. The van der Waals surface area contributed by atoms with Gasteiger partial charge in [-0.15, -0.1) is 11.8 Å². The van der Waals surface area contributed by atoms with Crippen LogP contribution in [-0.4, -0.2) is 27.5 Å². The van der Waals surface area contributed by atoms with Crippen LogP contribution >= 0.6 is 11.8 Å². The number of thioether (sulfide) groups is 1. The van der Waals surface area contributed by atoms with Gasteiger partial charge in [0, 0.05) is 6.42 Å². The van der Waals surface area contributed by atoms with Gasteiger partial charge in [0.2, 0.25) is 5.92 Å². The highest BCUT2D eigenvalue weighted by molar-refractivity contribution is 8.01. The lowest BCUT2D eigenvalue weighted by Crippen LogP contribution is -2.40. The number of rotatable bonds is 10. The lowest BCUT2D eigenvalue weighted by molar-refractivity contribution is -0.141. The monoisotopic (exact) mass is 296 g/mol. The Kier molecular flexibility index (Phi) is 7.94. The third kappa shape index (κ3) is 6.59. The Hall–Kier alpha value is -0.320. The molecule has 0 bridgehead atoms. The van der Waals surface area contributed by atoms with Crippen molar-refractivity contribution < 1.29 is 18.7 Å². The van der Waals surface area contributed by atoms with E-state index < -0.39 is 16.6 Å². The summed E-state index contributed by atoms with van der Waals surface area (Å²) in [6.07, 6.45) is 2.39. The SMILES string of the molecule is CCCC(SCCCCC(C)(F)F)(C(=O)O)C(C)C. The third-order valence-corrected chi connectivity index (χ3v) is 5.14. The number of hydrogen-bond donors (Lipinski definition) is 1. The molecule has 5 heteroatoms. The topological polar surface area (TPSA) is 37.3 Å². The van der Waals surface area contributed by atoms with Crippen molar-refractivity contribution in [3.8, 4) is 0 Å². The molecule has 0 radical (unpaired) electrons. The van der Waals surface area contributed by atoms with E-state index in [0.29, 0.717) is 25.0 Å². The van der Waals surface area contributed by atoms with Crippen molar-refractivity contribution >= 4 is 17.7 Å². The summed E-state index contributed by atoms with van der Waals surface area (Å²) in [5.74, 6) is -2.74. The molecule has 1 atom stereocenters. The molecule has 0 heterocycles. The maximum atomic E-state index is 12.7. The van der Waals surface area contributed by atoms with Gasteiger partial charge in [-0.1, -0.05) is 27.2 Å². The normalized spacial score (nSPS) is 15.5. The summed E-state index contributed by atoms with van der Waals surface area (Å²) in [6, 6.07) is 0. The van der Waals surface area contributed by atoms with Crippen LogP contribution in [0.15, 0.2) is 0 Å². The zero-order chi connectivity index (χ0) is 15.1. The second-order valence-corrected chi connectivity index (χ2v) is 6.90. The highest BCUT2D eigenvalue weighted by atomic mass is 32.2. The van der Waals surface area contributed by atoms with E-state index >= 15 is 0 Å². The first-order chi connectivity index (χ1) is 8.65. The molecular weight excluding hydrogens is 270 g/mol. The maximum Gasteiger partial charge on any atom is 0.320 e. The lowest BCUT2D eigenvalue weighted by atomic mass is 9.90. The molecule has 0 saturated heterocycles. The fourth-order valence-corrected chi connectivity index (χ4v) is 3.62. The predicted molar refractivity (Wildman–Crippen MR) is 77.0 cm³/mol. The van der Waals surface area contributed by atoms with Gasteiger partial charge in [-0.25, -0.2) is 8.78 Å². The molecule has 19 heavy (non-hydrogen) atoms. The highest BCUT2D eigenvalue weighted by Crippen LogP contribution is 2.38. The Morgan fingerprint density at radius 1 is 1.26 bits per heavy atom. The maximum absolute atomic E-state index is 12.7. The molecule has 0 saturated carbocycles. The Morgan fingerprint density at radius 2 is 1.84 bits per heavy atom. The predicted octanol–water partition coefficient (Wildman–Crippen LogP) is 4.82. The summed E-state index contributed by atoms with van der Waals surface area (Å²) in [6.45, 7) is 6.72. The summed E-state index contributed by atoms with van der Waals surface area (Å²) in [4.78, 5) is 11.5. The molecule has 0 fully saturated rings. The van der Waals surface area contributed by atoms with Crippen molar-refractivity contribution in [2.75, 3.05) is 5.75 Å². The van der Waals surface area contributed by atoms with Crippen LogP contribution in [0.3, 0.4) is 0 Å². The summed E-state index contributed by atoms with van der Waals surface area (Å²) in [7, 11) is 0. The Morgan fingerprint density at radius 3 is 2.21 bits per heavy atom. The van der Waals surface area contributed by atoms with Gasteiger partial charge in [0.1, 0.15) is 4.75 Å². The summed E-state index contributed by atoms with van der Waals surface area (Å²) >= 11 is 1.42. The van der Waals surface area contributed by atoms with Crippen molar-refractivity contribution in [3.05, 3.63) is 0 Å². The first-order valence-corrected chi connectivity index (χ1v) is 7.89. The van der Waals surface area contributed by atoms with Gasteiger partial charge in [0.25, 0.3) is 0 Å². The van der Waals surface area contributed by atoms with E-state index in [1.165, 1.54) is 11.8 Å². The summed E-state index contributed by atoms with van der Waals surface area (Å²) in [5, 5.41) is 9.47. The van der Waals surface area contributed by atoms with Gasteiger partial charge >= 0.3 is 5.97 Å². The van der Waals surface area contributed by atoms with Crippen LogP contribution in [-0.2, 0) is 4.79 Å². The molecule has 0 aliphatic rings. The molecule has 0 spiro atoms. The molecule has 0 rings (SSSR count). The number of aliphatic carboxylic acids is 1. The Balaban J connectivity index is 4.32. The molecule has 0 aliphatic heterocycles. The molecule has 1 N–H and O–H groups in total. The second kappa shape index (κ2) is 8.08. The van der Waals surface area contributed by atoms with Gasteiger partial charge < -0.3 is 5.11 Å². The van der Waals surface area contributed by atoms with Crippen molar-refractivity contribution in [1.82, 2.24) is 0 Å². The minimum Gasteiger partial charge on any atom is -0.480 e. The summed E-state index contributed by atoms with van der Waals surface area (Å²) < 4.78 is 24.5. The molecular formula is C14H26F2O2S. The van der Waals surface area contributed by atoms with Crippen LogP contribution in [0.1, 0.15) is 59.8 Å². The number of carboxylic acids is 1. The van der Waals surface area contributed by atoms with Crippen LogP contribution < -0.4 is 0 Å². The molecule has 0 aromatic heterocycles. The van der Waals surface area contributed by atoms with Crippen LogP contribution in [0, 0.1) is 5.92 Å². The van der Waals surface area contributed by atoms with Crippen LogP contribution in [0.5, 0.6) is 0 Å². The van der Waals surface area contributed by atoms with Gasteiger partial charge in [0.05, 0.1) is 0 Å². The third-order valence-electron chi connectivity index (χ3n) is 3.29. The van der Waals surface area contributed by atoms with E-state index in [0.717, 1.165) is 13.3 Å². The summed E-state index contributed by atoms with van der Waals surface area (Å²) in [5.41, 5.74) is 0. The second-order valence-electron chi connectivity index (χ2n) is 5.48. The fourth-order valence-electron chi connectivity index (χ4n) is 2.11. The molecule has 0 aromatic carbocycles. The lowest BCUT2D eigenvalue weighted by Gasteiger charge is -2.32. The van der Waals surface area contributed by atoms with Crippen molar-refractivity contribution in [2.24, 2.45) is 5.92 Å². The largest absolute Gasteiger partial charge is 0.480 e. The zero-order valence-corrected chi connectivity index (χ0v) is 13.2. The molecule has 114 valence electrons. The number of carboxylic acid groups (broad SMARTS) is 1. The van der Waals surface area contributed by atoms with E-state index in [9.17, 15) is 18.7 Å². The zero-order valence-electron chi connectivity index (χ0n) is 12.3. The number of hydrogen-bond acceptors (Lipinski definition) is 2. The number of carbonyl (C=O) groups is 1. The average molecular weight is 296 g/mol. The quantitative estimate of drug-likeness (QED) is 0.587.